The Hall–Kier alpha value is -1.57. The Morgan fingerprint density at radius 3 is 2.83 bits per heavy atom. The van der Waals surface area contributed by atoms with Crippen molar-refractivity contribution < 1.29 is 9.53 Å². The molecule has 0 radical (unpaired) electrons. The minimum atomic E-state index is -0.0671. The molecular weight excluding hydrogens is 224 g/mol. The standard InChI is InChI=1S/C16H20O2/c17-16(18-15-11-5-2-6-12-15)13-7-10-14-8-3-1-4-9-14/h1,3-5,8-9,11,15H,2,6-7,10,12-13H2. The zero-order valence-corrected chi connectivity index (χ0v) is 10.7. The summed E-state index contributed by atoms with van der Waals surface area (Å²) in [6.45, 7) is 0. The lowest BCUT2D eigenvalue weighted by Crippen LogP contribution is -2.17. The Bertz CT molecular complexity index is 395. The van der Waals surface area contributed by atoms with Crippen molar-refractivity contribution in [3.05, 3.63) is 48.0 Å². The Labute approximate surface area is 109 Å². The summed E-state index contributed by atoms with van der Waals surface area (Å²) in [5, 5.41) is 0. The first-order valence-corrected chi connectivity index (χ1v) is 6.74. The van der Waals surface area contributed by atoms with Crippen molar-refractivity contribution in [2.24, 2.45) is 0 Å². The van der Waals surface area contributed by atoms with Crippen LogP contribution in [0, 0.1) is 0 Å². The van der Waals surface area contributed by atoms with Crippen LogP contribution in [0.3, 0.4) is 0 Å². The lowest BCUT2D eigenvalue weighted by atomic mass is 10.1. The fourth-order valence-electron chi connectivity index (χ4n) is 2.19. The smallest absolute Gasteiger partial charge is 0.306 e. The normalized spacial score (nSPS) is 18.6. The van der Waals surface area contributed by atoms with Crippen LogP contribution in [0.4, 0.5) is 0 Å². The van der Waals surface area contributed by atoms with E-state index in [-0.39, 0.29) is 12.1 Å². The van der Waals surface area contributed by atoms with E-state index in [2.05, 4.69) is 18.2 Å². The molecule has 1 atom stereocenters. The monoisotopic (exact) mass is 244 g/mol. The van der Waals surface area contributed by atoms with E-state index in [1.54, 1.807) is 0 Å². The van der Waals surface area contributed by atoms with E-state index in [0.717, 1.165) is 32.1 Å². The molecule has 0 fully saturated rings. The second-order valence-corrected chi connectivity index (χ2v) is 4.73. The number of benzene rings is 1. The molecule has 0 saturated carbocycles. The van der Waals surface area contributed by atoms with Crippen LogP contribution in [0.15, 0.2) is 42.5 Å². The topological polar surface area (TPSA) is 26.3 Å². The summed E-state index contributed by atoms with van der Waals surface area (Å²) in [6.07, 6.45) is 9.66. The maximum atomic E-state index is 11.6. The summed E-state index contributed by atoms with van der Waals surface area (Å²) < 4.78 is 5.40. The molecule has 96 valence electrons. The third-order valence-corrected chi connectivity index (χ3v) is 3.18. The molecule has 2 rings (SSSR count). The van der Waals surface area contributed by atoms with Gasteiger partial charge in [-0.25, -0.2) is 0 Å². The van der Waals surface area contributed by atoms with Gasteiger partial charge in [0.15, 0.2) is 0 Å². The molecule has 1 aromatic rings. The number of hydrogen-bond acceptors (Lipinski definition) is 2. The molecule has 0 bridgehead atoms. The number of esters is 1. The largest absolute Gasteiger partial charge is 0.458 e. The molecule has 0 amide bonds. The summed E-state index contributed by atoms with van der Waals surface area (Å²) in [4.78, 5) is 11.6. The second kappa shape index (κ2) is 7.00. The van der Waals surface area contributed by atoms with E-state index in [4.69, 9.17) is 4.74 Å². The number of rotatable bonds is 5. The van der Waals surface area contributed by atoms with Gasteiger partial charge in [0.05, 0.1) is 0 Å². The number of ether oxygens (including phenoxy) is 1. The van der Waals surface area contributed by atoms with E-state index < -0.39 is 0 Å². The van der Waals surface area contributed by atoms with Crippen LogP contribution in [0.25, 0.3) is 0 Å². The van der Waals surface area contributed by atoms with Crippen molar-refractivity contribution >= 4 is 5.97 Å². The quantitative estimate of drug-likeness (QED) is 0.583. The minimum Gasteiger partial charge on any atom is -0.458 e. The van der Waals surface area contributed by atoms with Crippen molar-refractivity contribution in [1.82, 2.24) is 0 Å². The van der Waals surface area contributed by atoms with Crippen LogP contribution < -0.4 is 0 Å². The van der Waals surface area contributed by atoms with Gasteiger partial charge in [0, 0.05) is 6.42 Å². The molecule has 1 aliphatic carbocycles. The van der Waals surface area contributed by atoms with E-state index in [1.165, 1.54) is 5.56 Å². The summed E-state index contributed by atoms with van der Waals surface area (Å²) in [5.74, 6) is -0.0671. The first-order chi connectivity index (χ1) is 8.84. The van der Waals surface area contributed by atoms with Crippen molar-refractivity contribution in [3.63, 3.8) is 0 Å². The van der Waals surface area contributed by atoms with Crippen LogP contribution >= 0.6 is 0 Å². The maximum Gasteiger partial charge on any atom is 0.306 e. The fourth-order valence-corrected chi connectivity index (χ4v) is 2.19. The highest BCUT2D eigenvalue weighted by Crippen LogP contribution is 2.14. The van der Waals surface area contributed by atoms with Gasteiger partial charge in [-0.2, -0.15) is 0 Å². The third-order valence-electron chi connectivity index (χ3n) is 3.18. The molecule has 0 aromatic heterocycles. The molecule has 1 aliphatic rings. The Morgan fingerprint density at radius 2 is 2.11 bits per heavy atom. The molecule has 0 saturated heterocycles. The molecule has 0 aliphatic heterocycles. The number of allylic oxidation sites excluding steroid dienone is 1. The molecule has 0 spiro atoms. The molecule has 1 unspecified atom stereocenters. The molecule has 0 heterocycles. The van der Waals surface area contributed by atoms with E-state index in [0.29, 0.717) is 6.42 Å². The maximum absolute atomic E-state index is 11.6. The van der Waals surface area contributed by atoms with Gasteiger partial charge >= 0.3 is 5.97 Å². The van der Waals surface area contributed by atoms with Crippen LogP contribution in [0.1, 0.15) is 37.7 Å². The van der Waals surface area contributed by atoms with Crippen molar-refractivity contribution in [2.45, 2.75) is 44.6 Å². The second-order valence-electron chi connectivity index (χ2n) is 4.73. The SMILES string of the molecule is O=C(CCCc1ccccc1)OC1C=CCCC1. The van der Waals surface area contributed by atoms with Gasteiger partial charge in [-0.05, 0) is 43.7 Å². The average Bonchev–Trinajstić information content (AvgIpc) is 2.41. The Kier molecular flexibility index (Phi) is 5.00. The molecular formula is C16H20O2. The zero-order chi connectivity index (χ0) is 12.6. The minimum absolute atomic E-state index is 0.0166. The number of hydrogen-bond donors (Lipinski definition) is 0. The van der Waals surface area contributed by atoms with Gasteiger partial charge in [-0.1, -0.05) is 36.4 Å². The fraction of sp³-hybridized carbons (Fsp3) is 0.438. The lowest BCUT2D eigenvalue weighted by molar-refractivity contribution is -0.147. The summed E-state index contributed by atoms with van der Waals surface area (Å²) >= 11 is 0. The van der Waals surface area contributed by atoms with Crippen LogP contribution in [-0.2, 0) is 16.0 Å². The highest BCUT2D eigenvalue weighted by molar-refractivity contribution is 5.69. The van der Waals surface area contributed by atoms with Gasteiger partial charge < -0.3 is 4.74 Å². The zero-order valence-electron chi connectivity index (χ0n) is 10.7. The van der Waals surface area contributed by atoms with Crippen LogP contribution in [-0.4, -0.2) is 12.1 Å². The predicted octanol–water partition coefficient (Wildman–Crippen LogP) is 3.66. The first kappa shape index (κ1) is 12.9. The Balaban J connectivity index is 1.66. The van der Waals surface area contributed by atoms with Crippen molar-refractivity contribution in [1.29, 1.82) is 0 Å². The van der Waals surface area contributed by atoms with Gasteiger partial charge in [0.2, 0.25) is 0 Å². The third kappa shape index (κ3) is 4.36. The molecule has 1 aromatic carbocycles. The summed E-state index contributed by atoms with van der Waals surface area (Å²) in [6, 6.07) is 10.2. The lowest BCUT2D eigenvalue weighted by Gasteiger charge is -2.16. The molecule has 18 heavy (non-hydrogen) atoms. The Morgan fingerprint density at radius 1 is 1.28 bits per heavy atom. The van der Waals surface area contributed by atoms with Gasteiger partial charge in [0.25, 0.3) is 0 Å². The predicted molar refractivity (Wildman–Crippen MR) is 72.3 cm³/mol. The summed E-state index contributed by atoms with van der Waals surface area (Å²) in [7, 11) is 0. The van der Waals surface area contributed by atoms with Crippen molar-refractivity contribution in [2.75, 3.05) is 0 Å². The van der Waals surface area contributed by atoms with Crippen LogP contribution in [0.2, 0.25) is 0 Å². The summed E-state index contributed by atoms with van der Waals surface area (Å²) in [5.41, 5.74) is 1.28. The highest BCUT2D eigenvalue weighted by Gasteiger charge is 2.13. The number of aryl methyl sites for hydroxylation is 1. The van der Waals surface area contributed by atoms with E-state index in [1.807, 2.05) is 24.3 Å². The van der Waals surface area contributed by atoms with Gasteiger partial charge in [0.1, 0.15) is 6.10 Å². The van der Waals surface area contributed by atoms with Gasteiger partial charge in [-0.15, -0.1) is 0 Å². The van der Waals surface area contributed by atoms with E-state index in [9.17, 15) is 4.79 Å². The first-order valence-electron chi connectivity index (χ1n) is 6.74. The molecule has 0 N–H and O–H groups in total. The number of carbonyl (C=O) groups is 1. The van der Waals surface area contributed by atoms with Gasteiger partial charge in [-0.3, -0.25) is 4.79 Å². The van der Waals surface area contributed by atoms with Crippen LogP contribution in [0.5, 0.6) is 0 Å². The molecule has 2 heteroatoms. The average molecular weight is 244 g/mol. The molecule has 2 nitrogen and oxygen atoms in total. The highest BCUT2D eigenvalue weighted by atomic mass is 16.5. The van der Waals surface area contributed by atoms with E-state index >= 15 is 0 Å². The number of carbonyl (C=O) groups excluding carboxylic acids is 1. The van der Waals surface area contributed by atoms with Crippen molar-refractivity contribution in [3.8, 4) is 0 Å².